The van der Waals surface area contributed by atoms with Gasteiger partial charge in [0.05, 0.1) is 0 Å². The maximum atomic E-state index is 9.85. The van der Waals surface area contributed by atoms with Crippen LogP contribution in [-0.4, -0.2) is 24.7 Å². The number of carboxylic acids is 1. The summed E-state index contributed by atoms with van der Waals surface area (Å²) in [7, 11) is 1.74. The lowest BCUT2D eigenvalue weighted by Crippen LogP contribution is -2.17. The van der Waals surface area contributed by atoms with E-state index in [0.717, 1.165) is 0 Å². The standard InChI is InChI=1S/C5H10N2O2/c1-6-2-3-7-4-5(8)9/h2-3,6-7H,4H2,1H3,(H,8,9). The number of nitrogens with one attached hydrogen (secondary N) is 2. The first-order valence-electron chi connectivity index (χ1n) is 2.55. The van der Waals surface area contributed by atoms with Crippen LogP contribution in [0.15, 0.2) is 12.4 Å². The summed E-state index contributed by atoms with van der Waals surface area (Å²) >= 11 is 0. The van der Waals surface area contributed by atoms with E-state index in [1.54, 1.807) is 13.2 Å². The predicted molar refractivity (Wildman–Crippen MR) is 33.8 cm³/mol. The van der Waals surface area contributed by atoms with E-state index >= 15 is 0 Å². The van der Waals surface area contributed by atoms with Gasteiger partial charge >= 0.3 is 5.97 Å². The molecule has 0 fully saturated rings. The zero-order valence-electron chi connectivity index (χ0n) is 5.22. The molecule has 0 saturated carbocycles. The number of carboxylic acid groups (broad SMARTS) is 1. The van der Waals surface area contributed by atoms with E-state index in [2.05, 4.69) is 10.6 Å². The Balaban J connectivity index is 3.09. The largest absolute Gasteiger partial charge is 0.480 e. The third-order valence-electron chi connectivity index (χ3n) is 0.621. The van der Waals surface area contributed by atoms with Gasteiger partial charge in [-0.05, 0) is 0 Å². The van der Waals surface area contributed by atoms with Crippen molar-refractivity contribution < 1.29 is 9.90 Å². The van der Waals surface area contributed by atoms with Gasteiger partial charge < -0.3 is 15.7 Å². The molecule has 0 bridgehead atoms. The highest BCUT2D eigenvalue weighted by atomic mass is 16.4. The van der Waals surface area contributed by atoms with Gasteiger partial charge in [-0.2, -0.15) is 0 Å². The molecule has 0 heterocycles. The molecule has 3 N–H and O–H groups in total. The van der Waals surface area contributed by atoms with Crippen molar-refractivity contribution in [2.75, 3.05) is 13.6 Å². The van der Waals surface area contributed by atoms with Crippen molar-refractivity contribution in [3.63, 3.8) is 0 Å². The molecule has 0 saturated heterocycles. The van der Waals surface area contributed by atoms with Gasteiger partial charge in [0.15, 0.2) is 0 Å². The molecule has 0 aliphatic carbocycles. The summed E-state index contributed by atoms with van der Waals surface area (Å²) in [6, 6.07) is 0. The molecule has 0 rings (SSSR count). The van der Waals surface area contributed by atoms with E-state index in [1.807, 2.05) is 0 Å². The van der Waals surface area contributed by atoms with Crippen molar-refractivity contribution in [2.45, 2.75) is 0 Å². The van der Waals surface area contributed by atoms with E-state index in [1.165, 1.54) is 6.20 Å². The molecule has 0 atom stereocenters. The number of hydrogen-bond donors (Lipinski definition) is 3. The van der Waals surface area contributed by atoms with Crippen LogP contribution in [0, 0.1) is 0 Å². The monoisotopic (exact) mass is 130 g/mol. The molecular formula is C5H10N2O2. The molecular weight excluding hydrogens is 120 g/mol. The highest BCUT2D eigenvalue weighted by molar-refractivity contribution is 5.69. The quantitative estimate of drug-likeness (QED) is 0.473. The highest BCUT2D eigenvalue weighted by Crippen LogP contribution is 1.60. The smallest absolute Gasteiger partial charge is 0.322 e. The van der Waals surface area contributed by atoms with Crippen LogP contribution in [0.5, 0.6) is 0 Å². The topological polar surface area (TPSA) is 61.4 Å². The van der Waals surface area contributed by atoms with Crippen LogP contribution < -0.4 is 10.6 Å². The van der Waals surface area contributed by atoms with E-state index < -0.39 is 5.97 Å². The first kappa shape index (κ1) is 7.81. The van der Waals surface area contributed by atoms with Crippen LogP contribution in [-0.2, 0) is 4.79 Å². The Bertz CT molecular complexity index is 112. The summed E-state index contributed by atoms with van der Waals surface area (Å²) in [5.74, 6) is -0.865. The molecule has 52 valence electrons. The maximum absolute atomic E-state index is 9.85. The van der Waals surface area contributed by atoms with Crippen LogP contribution >= 0.6 is 0 Å². The van der Waals surface area contributed by atoms with Gasteiger partial charge in [0, 0.05) is 19.4 Å². The van der Waals surface area contributed by atoms with E-state index in [9.17, 15) is 4.79 Å². The van der Waals surface area contributed by atoms with Crippen molar-refractivity contribution in [1.82, 2.24) is 10.6 Å². The first-order valence-corrected chi connectivity index (χ1v) is 2.55. The van der Waals surface area contributed by atoms with Gasteiger partial charge in [-0.15, -0.1) is 0 Å². The number of hydrogen-bond acceptors (Lipinski definition) is 3. The molecule has 0 aliphatic rings. The third-order valence-corrected chi connectivity index (χ3v) is 0.621. The molecule has 0 aliphatic heterocycles. The third kappa shape index (κ3) is 6.81. The summed E-state index contributed by atoms with van der Waals surface area (Å²) in [6.45, 7) is -0.0435. The number of rotatable bonds is 4. The van der Waals surface area contributed by atoms with E-state index in [-0.39, 0.29) is 6.54 Å². The molecule has 0 amide bonds. The summed E-state index contributed by atoms with van der Waals surface area (Å²) in [6.07, 6.45) is 3.15. The summed E-state index contributed by atoms with van der Waals surface area (Å²) < 4.78 is 0. The number of carbonyl (C=O) groups is 1. The highest BCUT2D eigenvalue weighted by Gasteiger charge is 1.88. The average Bonchev–Trinajstić information content (AvgIpc) is 1.80. The van der Waals surface area contributed by atoms with Crippen LogP contribution in [0.3, 0.4) is 0 Å². The van der Waals surface area contributed by atoms with E-state index in [4.69, 9.17) is 5.11 Å². The molecule has 0 aromatic carbocycles. The molecule has 0 aromatic heterocycles. The molecule has 0 aromatic rings. The van der Waals surface area contributed by atoms with Crippen molar-refractivity contribution in [3.8, 4) is 0 Å². The fourth-order valence-corrected chi connectivity index (χ4v) is 0.288. The normalized spacial score (nSPS) is 9.44. The summed E-state index contributed by atoms with van der Waals surface area (Å²) in [4.78, 5) is 9.85. The fraction of sp³-hybridized carbons (Fsp3) is 0.400. The van der Waals surface area contributed by atoms with Crippen LogP contribution in [0.4, 0.5) is 0 Å². The van der Waals surface area contributed by atoms with E-state index in [0.29, 0.717) is 0 Å². The van der Waals surface area contributed by atoms with Crippen LogP contribution in [0.1, 0.15) is 0 Å². The molecule has 0 unspecified atom stereocenters. The first-order chi connectivity index (χ1) is 4.27. The minimum Gasteiger partial charge on any atom is -0.480 e. The summed E-state index contributed by atoms with van der Waals surface area (Å²) in [5.41, 5.74) is 0. The molecule has 0 spiro atoms. The SMILES string of the molecule is CNC=CNCC(=O)O. The second kappa shape index (κ2) is 4.96. The van der Waals surface area contributed by atoms with Crippen molar-refractivity contribution >= 4 is 5.97 Å². The van der Waals surface area contributed by atoms with Gasteiger partial charge in [-0.1, -0.05) is 0 Å². The van der Waals surface area contributed by atoms with Gasteiger partial charge in [-0.3, -0.25) is 4.79 Å². The van der Waals surface area contributed by atoms with Crippen molar-refractivity contribution in [2.24, 2.45) is 0 Å². The van der Waals surface area contributed by atoms with Crippen molar-refractivity contribution in [3.05, 3.63) is 12.4 Å². The predicted octanol–water partition coefficient (Wildman–Crippen LogP) is -0.649. The number of aliphatic carboxylic acids is 1. The lowest BCUT2D eigenvalue weighted by Gasteiger charge is -1.91. The summed E-state index contributed by atoms with van der Waals surface area (Å²) in [5, 5.41) is 13.3. The van der Waals surface area contributed by atoms with Crippen LogP contribution in [0.2, 0.25) is 0 Å². The fourth-order valence-electron chi connectivity index (χ4n) is 0.288. The van der Waals surface area contributed by atoms with Gasteiger partial charge in [0.25, 0.3) is 0 Å². The maximum Gasteiger partial charge on any atom is 0.322 e. The Morgan fingerprint density at radius 3 is 2.78 bits per heavy atom. The molecule has 4 nitrogen and oxygen atoms in total. The molecule has 4 heteroatoms. The lowest BCUT2D eigenvalue weighted by atomic mass is 10.6. The van der Waals surface area contributed by atoms with Crippen LogP contribution in [0.25, 0.3) is 0 Å². The molecule has 9 heavy (non-hydrogen) atoms. The minimum atomic E-state index is -0.865. The Morgan fingerprint density at radius 2 is 2.33 bits per heavy atom. The Morgan fingerprint density at radius 1 is 1.67 bits per heavy atom. The van der Waals surface area contributed by atoms with Crippen molar-refractivity contribution in [1.29, 1.82) is 0 Å². The minimum absolute atomic E-state index is 0.0435. The molecule has 0 radical (unpaired) electrons. The van der Waals surface area contributed by atoms with Gasteiger partial charge in [0.1, 0.15) is 6.54 Å². The van der Waals surface area contributed by atoms with Gasteiger partial charge in [-0.25, -0.2) is 0 Å². The Labute approximate surface area is 53.6 Å². The zero-order valence-corrected chi connectivity index (χ0v) is 5.22. The zero-order chi connectivity index (χ0) is 7.11. The lowest BCUT2D eigenvalue weighted by molar-refractivity contribution is -0.135. The second-order valence-corrected chi connectivity index (χ2v) is 1.40. The Hall–Kier alpha value is -1.19. The average molecular weight is 130 g/mol. The van der Waals surface area contributed by atoms with Gasteiger partial charge in [0.2, 0.25) is 0 Å². The second-order valence-electron chi connectivity index (χ2n) is 1.40. The Kier molecular flexibility index (Phi) is 4.30.